The second kappa shape index (κ2) is 5.88. The summed E-state index contributed by atoms with van der Waals surface area (Å²) in [6.07, 6.45) is 3.83. The van der Waals surface area contributed by atoms with Crippen LogP contribution >= 0.6 is 0 Å². The van der Waals surface area contributed by atoms with E-state index in [0.29, 0.717) is 11.3 Å². The largest absolute Gasteiger partial charge is 0.490 e. The fourth-order valence-electron chi connectivity index (χ4n) is 2.54. The highest BCUT2D eigenvalue weighted by atomic mass is 19.1. The Morgan fingerprint density at radius 2 is 2.00 bits per heavy atom. The summed E-state index contributed by atoms with van der Waals surface area (Å²) in [6.45, 7) is 1.76. The number of hydrogen-bond acceptors (Lipinski definition) is 3. The third kappa shape index (κ3) is 3.67. The average molecular weight is 268 g/mol. The molecule has 106 valence electrons. The van der Waals surface area contributed by atoms with Crippen LogP contribution in [0.2, 0.25) is 0 Å². The maximum absolute atomic E-state index is 13.2. The molecule has 0 radical (unpaired) electrons. The molecule has 0 aromatic heterocycles. The summed E-state index contributed by atoms with van der Waals surface area (Å²) in [6, 6.07) is 4.07. The number of aliphatic hydroxyl groups excluding tert-OH is 1. The molecule has 1 aromatic rings. The van der Waals surface area contributed by atoms with Gasteiger partial charge in [0.2, 0.25) is 0 Å². The number of hydrogen-bond donors (Lipinski definition) is 2. The molecule has 1 fully saturated rings. The van der Waals surface area contributed by atoms with E-state index >= 15 is 0 Å². The molecular weight excluding hydrogens is 247 g/mol. The number of rotatable bonds is 4. The summed E-state index contributed by atoms with van der Waals surface area (Å²) >= 11 is 0. The zero-order valence-electron chi connectivity index (χ0n) is 11.2. The van der Waals surface area contributed by atoms with Crippen molar-refractivity contribution in [1.82, 2.24) is 0 Å². The van der Waals surface area contributed by atoms with Crippen LogP contribution in [-0.4, -0.2) is 22.4 Å². The Labute approximate surface area is 113 Å². The van der Waals surface area contributed by atoms with Crippen LogP contribution in [0, 0.1) is 5.82 Å². The Bertz CT molecular complexity index is 425. The third-order valence-electron chi connectivity index (χ3n) is 3.70. The molecule has 2 N–H and O–H groups in total. The Morgan fingerprint density at radius 1 is 1.32 bits per heavy atom. The van der Waals surface area contributed by atoms with E-state index in [1.54, 1.807) is 6.92 Å². The minimum absolute atomic E-state index is 0.193. The van der Waals surface area contributed by atoms with Crippen molar-refractivity contribution in [2.75, 3.05) is 6.61 Å². The average Bonchev–Trinajstić information content (AvgIpc) is 2.38. The van der Waals surface area contributed by atoms with Crippen molar-refractivity contribution in [3.05, 3.63) is 29.6 Å². The van der Waals surface area contributed by atoms with E-state index in [0.717, 1.165) is 32.1 Å². The van der Waals surface area contributed by atoms with Crippen molar-refractivity contribution >= 4 is 0 Å². The maximum atomic E-state index is 13.2. The van der Waals surface area contributed by atoms with E-state index < -0.39 is 17.5 Å². The Hall–Kier alpha value is -1.13. The highest BCUT2D eigenvalue weighted by Gasteiger charge is 2.30. The second-order valence-corrected chi connectivity index (χ2v) is 5.43. The number of benzene rings is 1. The molecule has 3 nitrogen and oxygen atoms in total. The number of ether oxygens (including phenoxy) is 1. The van der Waals surface area contributed by atoms with E-state index in [1.807, 2.05) is 0 Å². The van der Waals surface area contributed by atoms with E-state index in [2.05, 4.69) is 0 Å². The van der Waals surface area contributed by atoms with Gasteiger partial charge in [-0.05, 0) is 38.0 Å². The molecule has 0 heterocycles. The molecule has 1 aliphatic rings. The smallest absolute Gasteiger partial charge is 0.125 e. The van der Waals surface area contributed by atoms with Gasteiger partial charge in [-0.3, -0.25) is 0 Å². The van der Waals surface area contributed by atoms with Crippen LogP contribution in [-0.2, 0) is 0 Å². The van der Waals surface area contributed by atoms with Gasteiger partial charge in [0.15, 0.2) is 0 Å². The van der Waals surface area contributed by atoms with Crippen LogP contribution in [0.1, 0.15) is 50.7 Å². The zero-order chi connectivity index (χ0) is 13.9. The minimum Gasteiger partial charge on any atom is -0.490 e. The molecule has 19 heavy (non-hydrogen) atoms. The lowest BCUT2D eigenvalue weighted by Gasteiger charge is -2.32. The van der Waals surface area contributed by atoms with Gasteiger partial charge in [0, 0.05) is 5.56 Å². The van der Waals surface area contributed by atoms with Crippen molar-refractivity contribution in [3.8, 4) is 5.75 Å². The molecule has 0 saturated heterocycles. The van der Waals surface area contributed by atoms with Crippen LogP contribution in [0.5, 0.6) is 5.75 Å². The molecular formula is C15H21FO3. The summed E-state index contributed by atoms with van der Waals surface area (Å²) in [5, 5.41) is 20.0. The highest BCUT2D eigenvalue weighted by Crippen LogP contribution is 2.31. The lowest BCUT2D eigenvalue weighted by atomic mass is 9.85. The van der Waals surface area contributed by atoms with E-state index in [9.17, 15) is 14.6 Å². The molecule has 0 spiro atoms. The summed E-state index contributed by atoms with van der Waals surface area (Å²) in [5.41, 5.74) is -0.373. The van der Waals surface area contributed by atoms with Gasteiger partial charge in [0.25, 0.3) is 0 Å². The Morgan fingerprint density at radius 3 is 2.63 bits per heavy atom. The predicted molar refractivity (Wildman–Crippen MR) is 70.6 cm³/mol. The van der Waals surface area contributed by atoms with Crippen molar-refractivity contribution in [2.24, 2.45) is 0 Å². The molecule has 1 aromatic carbocycles. The Balaban J connectivity index is 2.06. The van der Waals surface area contributed by atoms with Gasteiger partial charge in [0.05, 0.1) is 11.7 Å². The number of aliphatic hydroxyl groups is 2. The van der Waals surface area contributed by atoms with Gasteiger partial charge < -0.3 is 14.9 Å². The molecule has 0 amide bonds. The van der Waals surface area contributed by atoms with Gasteiger partial charge in [0.1, 0.15) is 18.2 Å². The van der Waals surface area contributed by atoms with E-state index in [1.165, 1.54) is 18.2 Å². The normalized spacial score (nSPS) is 20.0. The van der Waals surface area contributed by atoms with E-state index in [4.69, 9.17) is 4.74 Å². The van der Waals surface area contributed by atoms with Crippen LogP contribution < -0.4 is 4.74 Å². The first-order chi connectivity index (χ1) is 9.00. The minimum atomic E-state index is -0.799. The molecule has 2 rings (SSSR count). The molecule has 0 bridgehead atoms. The van der Waals surface area contributed by atoms with Gasteiger partial charge in [-0.1, -0.05) is 19.3 Å². The SMILES string of the molecule is C[C@@H](O)c1cc(F)ccc1OCC1(O)CCCCC1. The molecule has 1 atom stereocenters. The molecule has 1 saturated carbocycles. The van der Waals surface area contributed by atoms with Gasteiger partial charge >= 0.3 is 0 Å². The van der Waals surface area contributed by atoms with Crippen LogP contribution in [0.25, 0.3) is 0 Å². The number of halogens is 1. The predicted octanol–water partition coefficient (Wildman–Crippen LogP) is 2.95. The van der Waals surface area contributed by atoms with Crippen LogP contribution in [0.3, 0.4) is 0 Å². The highest BCUT2D eigenvalue weighted by molar-refractivity contribution is 5.35. The zero-order valence-corrected chi connectivity index (χ0v) is 11.2. The van der Waals surface area contributed by atoms with Gasteiger partial charge in [-0.15, -0.1) is 0 Å². The molecule has 4 heteroatoms. The molecule has 1 aliphatic carbocycles. The lowest BCUT2D eigenvalue weighted by Crippen LogP contribution is -2.38. The monoisotopic (exact) mass is 268 g/mol. The summed E-state index contributed by atoms with van der Waals surface area (Å²) in [4.78, 5) is 0. The van der Waals surface area contributed by atoms with Gasteiger partial charge in [-0.2, -0.15) is 0 Å². The van der Waals surface area contributed by atoms with E-state index in [-0.39, 0.29) is 6.61 Å². The lowest BCUT2D eigenvalue weighted by molar-refractivity contribution is -0.0345. The second-order valence-electron chi connectivity index (χ2n) is 5.43. The topological polar surface area (TPSA) is 49.7 Å². The van der Waals surface area contributed by atoms with Crippen molar-refractivity contribution in [1.29, 1.82) is 0 Å². The van der Waals surface area contributed by atoms with Gasteiger partial charge in [-0.25, -0.2) is 4.39 Å². The van der Waals surface area contributed by atoms with Crippen LogP contribution in [0.15, 0.2) is 18.2 Å². The fourth-order valence-corrected chi connectivity index (χ4v) is 2.54. The summed E-state index contributed by atoms with van der Waals surface area (Å²) in [5.74, 6) is 0.0371. The van der Waals surface area contributed by atoms with Crippen molar-refractivity contribution in [3.63, 3.8) is 0 Å². The van der Waals surface area contributed by atoms with Crippen molar-refractivity contribution in [2.45, 2.75) is 50.7 Å². The van der Waals surface area contributed by atoms with Crippen LogP contribution in [0.4, 0.5) is 4.39 Å². The summed E-state index contributed by atoms with van der Waals surface area (Å²) in [7, 11) is 0. The summed E-state index contributed by atoms with van der Waals surface area (Å²) < 4.78 is 18.8. The first kappa shape index (κ1) is 14.3. The first-order valence-electron chi connectivity index (χ1n) is 6.83. The first-order valence-corrected chi connectivity index (χ1v) is 6.83. The molecule has 0 unspecified atom stereocenters. The third-order valence-corrected chi connectivity index (χ3v) is 3.70. The maximum Gasteiger partial charge on any atom is 0.125 e. The molecule has 0 aliphatic heterocycles. The Kier molecular flexibility index (Phi) is 4.42. The standard InChI is InChI=1S/C15H21FO3/c1-11(17)13-9-12(16)5-6-14(13)19-10-15(18)7-3-2-4-8-15/h5-6,9,11,17-18H,2-4,7-8,10H2,1H3/t11-/m1/s1. The fraction of sp³-hybridized carbons (Fsp3) is 0.600. The van der Waals surface area contributed by atoms with Crippen molar-refractivity contribution < 1.29 is 19.3 Å². The quantitative estimate of drug-likeness (QED) is 0.882.